The molecule has 5 nitrogen and oxygen atoms in total. The Balaban J connectivity index is 1.54. The molecule has 2 heterocycles. The Kier molecular flexibility index (Phi) is 4.60. The highest BCUT2D eigenvalue weighted by Crippen LogP contribution is 2.22. The number of carbonyl (C=O) groups is 1. The molecule has 134 valence electrons. The zero-order valence-electron chi connectivity index (χ0n) is 14.7. The second-order valence-corrected chi connectivity index (χ2v) is 6.73. The van der Waals surface area contributed by atoms with Gasteiger partial charge in [0.25, 0.3) is 0 Å². The van der Waals surface area contributed by atoms with E-state index in [0.29, 0.717) is 10.7 Å². The molecular formula is C21H17ClN4O. The molecule has 2 aromatic carbocycles. The first-order valence-electron chi connectivity index (χ1n) is 8.54. The summed E-state index contributed by atoms with van der Waals surface area (Å²) in [6.45, 7) is 1.95. The lowest BCUT2D eigenvalue weighted by Crippen LogP contribution is -2.15. The lowest BCUT2D eigenvalue weighted by atomic mass is 10.1. The predicted octanol–water partition coefficient (Wildman–Crippen LogP) is 4.56. The van der Waals surface area contributed by atoms with Crippen LogP contribution in [0, 0.1) is 6.92 Å². The number of hydrogen-bond donors (Lipinski definition) is 1. The van der Waals surface area contributed by atoms with Crippen LogP contribution in [-0.2, 0) is 11.2 Å². The lowest BCUT2D eigenvalue weighted by molar-refractivity contribution is -0.115. The molecule has 0 saturated heterocycles. The Hall–Kier alpha value is -3.18. The van der Waals surface area contributed by atoms with Crippen molar-refractivity contribution in [3.63, 3.8) is 0 Å². The molecule has 1 amide bonds. The normalized spacial score (nSPS) is 10.9. The van der Waals surface area contributed by atoms with Gasteiger partial charge in [0.15, 0.2) is 0 Å². The molecule has 2 aromatic heterocycles. The molecule has 1 N–H and O–H groups in total. The molecule has 0 fully saturated rings. The quantitative estimate of drug-likeness (QED) is 0.567. The van der Waals surface area contributed by atoms with Crippen molar-refractivity contribution in [2.24, 2.45) is 0 Å². The Bertz CT molecular complexity index is 1130. The van der Waals surface area contributed by atoms with Gasteiger partial charge in [-0.2, -0.15) is 5.10 Å². The van der Waals surface area contributed by atoms with Crippen molar-refractivity contribution >= 4 is 34.0 Å². The van der Waals surface area contributed by atoms with Gasteiger partial charge in [0.05, 0.1) is 17.8 Å². The molecule has 27 heavy (non-hydrogen) atoms. The van der Waals surface area contributed by atoms with Crippen molar-refractivity contribution in [2.75, 3.05) is 5.32 Å². The summed E-state index contributed by atoms with van der Waals surface area (Å²) in [6.07, 6.45) is 3.69. The van der Waals surface area contributed by atoms with Gasteiger partial charge in [-0.25, -0.2) is 4.68 Å². The van der Waals surface area contributed by atoms with Gasteiger partial charge >= 0.3 is 0 Å². The second kappa shape index (κ2) is 7.21. The Labute approximate surface area is 161 Å². The first kappa shape index (κ1) is 17.2. The number of amides is 1. The highest BCUT2D eigenvalue weighted by Gasteiger charge is 2.12. The zero-order valence-corrected chi connectivity index (χ0v) is 15.4. The molecule has 6 heteroatoms. The molecule has 0 saturated carbocycles. The fraction of sp³-hybridized carbons (Fsp3) is 0.0952. The maximum absolute atomic E-state index is 12.5. The number of fused-ring (bicyclic) bond motifs is 1. The van der Waals surface area contributed by atoms with E-state index in [9.17, 15) is 4.79 Å². The van der Waals surface area contributed by atoms with E-state index in [1.807, 2.05) is 61.5 Å². The minimum Gasteiger partial charge on any atom is -0.325 e. The molecule has 0 aliphatic heterocycles. The van der Waals surface area contributed by atoms with Crippen LogP contribution in [0.3, 0.4) is 0 Å². The van der Waals surface area contributed by atoms with Crippen molar-refractivity contribution in [3.8, 4) is 5.69 Å². The van der Waals surface area contributed by atoms with Gasteiger partial charge in [-0.15, -0.1) is 0 Å². The molecule has 0 unspecified atom stereocenters. The largest absolute Gasteiger partial charge is 0.325 e. The number of aryl methyl sites for hydroxylation is 1. The van der Waals surface area contributed by atoms with E-state index in [4.69, 9.17) is 11.6 Å². The number of benzene rings is 2. The number of nitrogens with zero attached hydrogens (tertiary/aromatic N) is 3. The van der Waals surface area contributed by atoms with Crippen molar-refractivity contribution < 1.29 is 4.79 Å². The van der Waals surface area contributed by atoms with Crippen molar-refractivity contribution in [1.29, 1.82) is 0 Å². The lowest BCUT2D eigenvalue weighted by Gasteiger charge is -2.08. The number of pyridine rings is 1. The topological polar surface area (TPSA) is 59.8 Å². The number of carbonyl (C=O) groups excluding carboxylic acids is 1. The van der Waals surface area contributed by atoms with E-state index in [0.717, 1.165) is 27.8 Å². The van der Waals surface area contributed by atoms with E-state index in [2.05, 4.69) is 15.4 Å². The molecule has 0 radical (unpaired) electrons. The summed E-state index contributed by atoms with van der Waals surface area (Å²) < 4.78 is 1.79. The average molecular weight is 377 g/mol. The maximum Gasteiger partial charge on any atom is 0.230 e. The summed E-state index contributed by atoms with van der Waals surface area (Å²) >= 11 is 6.07. The average Bonchev–Trinajstić information content (AvgIpc) is 3.02. The van der Waals surface area contributed by atoms with Crippen molar-refractivity contribution in [1.82, 2.24) is 14.8 Å². The summed E-state index contributed by atoms with van der Waals surface area (Å²) in [4.78, 5) is 16.7. The number of anilines is 1. The third-order valence-electron chi connectivity index (χ3n) is 4.29. The highest BCUT2D eigenvalue weighted by atomic mass is 35.5. The third kappa shape index (κ3) is 3.68. The van der Waals surface area contributed by atoms with Crippen LogP contribution in [-0.4, -0.2) is 20.7 Å². The van der Waals surface area contributed by atoms with Crippen molar-refractivity contribution in [3.05, 3.63) is 83.4 Å². The van der Waals surface area contributed by atoms with Gasteiger partial charge in [-0.05, 0) is 43.3 Å². The van der Waals surface area contributed by atoms with Crippen LogP contribution in [0.1, 0.15) is 11.4 Å². The number of aromatic nitrogens is 3. The Morgan fingerprint density at radius 1 is 1.15 bits per heavy atom. The van der Waals surface area contributed by atoms with Gasteiger partial charge in [-0.1, -0.05) is 29.8 Å². The summed E-state index contributed by atoms with van der Waals surface area (Å²) in [7, 11) is 0. The number of halogens is 1. The number of nitrogens with one attached hydrogen (secondary N) is 1. The SMILES string of the molecule is Cc1cc(CC(=O)Nc2cccc3cnccc23)nn1-c1cccc(Cl)c1. The first-order chi connectivity index (χ1) is 13.1. The number of hydrogen-bond acceptors (Lipinski definition) is 3. The predicted molar refractivity (Wildman–Crippen MR) is 107 cm³/mol. The Morgan fingerprint density at radius 3 is 2.85 bits per heavy atom. The van der Waals surface area contributed by atoms with Gasteiger partial charge in [0, 0.05) is 39.6 Å². The molecular weight excluding hydrogens is 360 g/mol. The molecule has 4 rings (SSSR count). The molecule has 0 aliphatic carbocycles. The van der Waals surface area contributed by atoms with E-state index in [-0.39, 0.29) is 12.3 Å². The molecule has 0 atom stereocenters. The summed E-state index contributed by atoms with van der Waals surface area (Å²) in [5.41, 5.74) is 3.28. The van der Waals surface area contributed by atoms with Gasteiger partial charge in [-0.3, -0.25) is 9.78 Å². The van der Waals surface area contributed by atoms with Crippen LogP contribution < -0.4 is 5.32 Å². The monoisotopic (exact) mass is 376 g/mol. The van der Waals surface area contributed by atoms with Gasteiger partial charge < -0.3 is 5.32 Å². The highest BCUT2D eigenvalue weighted by molar-refractivity contribution is 6.30. The van der Waals surface area contributed by atoms with Crippen LogP contribution >= 0.6 is 11.6 Å². The van der Waals surface area contributed by atoms with E-state index in [1.54, 1.807) is 17.1 Å². The minimum absolute atomic E-state index is 0.116. The molecule has 0 spiro atoms. The Morgan fingerprint density at radius 2 is 2.00 bits per heavy atom. The molecule has 0 aliphatic rings. The smallest absolute Gasteiger partial charge is 0.230 e. The van der Waals surface area contributed by atoms with E-state index in [1.165, 1.54) is 0 Å². The van der Waals surface area contributed by atoms with Crippen molar-refractivity contribution in [2.45, 2.75) is 13.3 Å². The van der Waals surface area contributed by atoms with Gasteiger partial charge in [0.1, 0.15) is 0 Å². The first-order valence-corrected chi connectivity index (χ1v) is 8.92. The van der Waals surface area contributed by atoms with Crippen LogP contribution in [0.2, 0.25) is 5.02 Å². The maximum atomic E-state index is 12.5. The van der Waals surface area contributed by atoms with E-state index < -0.39 is 0 Å². The van der Waals surface area contributed by atoms with Crippen LogP contribution in [0.15, 0.2) is 67.0 Å². The molecule has 0 bridgehead atoms. The summed E-state index contributed by atoms with van der Waals surface area (Å²) in [6, 6.07) is 17.0. The third-order valence-corrected chi connectivity index (χ3v) is 4.52. The fourth-order valence-corrected chi connectivity index (χ4v) is 3.27. The second-order valence-electron chi connectivity index (χ2n) is 6.30. The summed E-state index contributed by atoms with van der Waals surface area (Å²) in [5.74, 6) is -0.116. The summed E-state index contributed by atoms with van der Waals surface area (Å²) in [5, 5.41) is 10.1. The van der Waals surface area contributed by atoms with Crippen LogP contribution in [0.25, 0.3) is 16.5 Å². The van der Waals surface area contributed by atoms with Crippen LogP contribution in [0.5, 0.6) is 0 Å². The van der Waals surface area contributed by atoms with Crippen LogP contribution in [0.4, 0.5) is 5.69 Å². The van der Waals surface area contributed by atoms with Gasteiger partial charge in [0.2, 0.25) is 5.91 Å². The minimum atomic E-state index is -0.116. The van der Waals surface area contributed by atoms with E-state index >= 15 is 0 Å². The zero-order chi connectivity index (χ0) is 18.8. The fourth-order valence-electron chi connectivity index (χ4n) is 3.08. The number of rotatable bonds is 4. The standard InChI is InChI=1S/C21H17ClN4O/c1-14-10-17(25-26(14)18-6-3-5-16(22)11-18)12-21(27)24-20-7-2-4-15-13-23-9-8-19(15)20/h2-11,13H,12H2,1H3,(H,24,27). The molecule has 4 aromatic rings.